The van der Waals surface area contributed by atoms with Gasteiger partial charge < -0.3 is 5.73 Å². The van der Waals surface area contributed by atoms with Gasteiger partial charge in [-0.25, -0.2) is 4.98 Å². The Morgan fingerprint density at radius 2 is 2.00 bits per heavy atom. The molecule has 3 aromatic rings. The van der Waals surface area contributed by atoms with Crippen LogP contribution < -0.4 is 5.73 Å². The number of anilines is 1. The van der Waals surface area contributed by atoms with Crippen molar-refractivity contribution in [3.8, 4) is 0 Å². The number of hydrogen-bond acceptors (Lipinski definition) is 4. The molecule has 4 nitrogen and oxygen atoms in total. The van der Waals surface area contributed by atoms with E-state index in [-0.39, 0.29) is 0 Å². The molecule has 0 bridgehead atoms. The normalized spacial score (nSPS) is 10.7. The molecule has 3 aromatic heterocycles. The van der Waals surface area contributed by atoms with Gasteiger partial charge in [0.2, 0.25) is 0 Å². The Balaban J connectivity index is 1.99. The monoisotopic (exact) mass is 236 g/mol. The first kappa shape index (κ1) is 10.7. The summed E-state index contributed by atoms with van der Waals surface area (Å²) >= 11 is 0. The number of aromatic nitrogens is 3. The van der Waals surface area contributed by atoms with E-state index >= 15 is 0 Å². The van der Waals surface area contributed by atoms with E-state index in [1.807, 2.05) is 36.5 Å². The van der Waals surface area contributed by atoms with Crippen molar-refractivity contribution in [3.05, 3.63) is 60.2 Å². The third kappa shape index (κ3) is 2.00. The van der Waals surface area contributed by atoms with Crippen LogP contribution in [0.15, 0.2) is 48.9 Å². The predicted octanol–water partition coefficient (Wildman–Crippen LogP) is 2.20. The van der Waals surface area contributed by atoms with Crippen molar-refractivity contribution >= 4 is 16.7 Å². The van der Waals surface area contributed by atoms with Crippen molar-refractivity contribution in [2.24, 2.45) is 0 Å². The van der Waals surface area contributed by atoms with Crippen LogP contribution in [0.5, 0.6) is 0 Å². The average Bonchev–Trinajstić information content (AvgIpc) is 2.40. The summed E-state index contributed by atoms with van der Waals surface area (Å²) in [6, 6.07) is 9.79. The lowest BCUT2D eigenvalue weighted by molar-refractivity contribution is 1.08. The summed E-state index contributed by atoms with van der Waals surface area (Å²) in [7, 11) is 0. The Morgan fingerprint density at radius 1 is 1.06 bits per heavy atom. The zero-order chi connectivity index (χ0) is 12.4. The summed E-state index contributed by atoms with van der Waals surface area (Å²) in [5.41, 5.74) is 8.82. The van der Waals surface area contributed by atoms with Gasteiger partial charge in [0.15, 0.2) is 0 Å². The Hall–Kier alpha value is -2.49. The Morgan fingerprint density at radius 3 is 2.83 bits per heavy atom. The van der Waals surface area contributed by atoms with Gasteiger partial charge in [0, 0.05) is 36.1 Å². The molecular weight excluding hydrogens is 224 g/mol. The zero-order valence-electron chi connectivity index (χ0n) is 9.74. The number of nitrogens with two attached hydrogens (primary N) is 1. The predicted molar refractivity (Wildman–Crippen MR) is 71.0 cm³/mol. The Kier molecular flexibility index (Phi) is 2.61. The van der Waals surface area contributed by atoms with Crippen molar-refractivity contribution in [1.29, 1.82) is 0 Å². The van der Waals surface area contributed by atoms with Crippen LogP contribution in [0, 0.1) is 0 Å². The van der Waals surface area contributed by atoms with Gasteiger partial charge in [-0.2, -0.15) is 0 Å². The van der Waals surface area contributed by atoms with Gasteiger partial charge in [-0.3, -0.25) is 9.97 Å². The van der Waals surface area contributed by atoms with E-state index in [4.69, 9.17) is 5.73 Å². The summed E-state index contributed by atoms with van der Waals surface area (Å²) in [5.74, 6) is 0.521. The summed E-state index contributed by atoms with van der Waals surface area (Å²) < 4.78 is 0. The molecule has 0 amide bonds. The molecule has 0 fully saturated rings. The summed E-state index contributed by atoms with van der Waals surface area (Å²) in [5, 5.41) is 0.896. The molecule has 0 radical (unpaired) electrons. The first-order chi connectivity index (χ1) is 8.83. The van der Waals surface area contributed by atoms with Gasteiger partial charge in [-0.1, -0.05) is 6.07 Å². The molecule has 0 spiro atoms. The topological polar surface area (TPSA) is 64.7 Å². The number of nitrogen functional groups attached to an aromatic ring is 1. The highest BCUT2D eigenvalue weighted by Gasteiger charge is 2.02. The lowest BCUT2D eigenvalue weighted by atomic mass is 10.1. The van der Waals surface area contributed by atoms with Crippen molar-refractivity contribution in [3.63, 3.8) is 0 Å². The maximum absolute atomic E-state index is 5.80. The Bertz CT molecular complexity index is 680. The fourth-order valence-electron chi connectivity index (χ4n) is 1.93. The van der Waals surface area contributed by atoms with E-state index in [1.54, 1.807) is 12.4 Å². The third-order valence-corrected chi connectivity index (χ3v) is 2.81. The first-order valence-electron chi connectivity index (χ1n) is 5.72. The fraction of sp³-hybridized carbons (Fsp3) is 0.0714. The van der Waals surface area contributed by atoms with Crippen LogP contribution in [-0.4, -0.2) is 15.0 Å². The van der Waals surface area contributed by atoms with E-state index in [0.717, 1.165) is 28.6 Å². The molecule has 0 aromatic carbocycles. The summed E-state index contributed by atoms with van der Waals surface area (Å²) in [6.07, 6.45) is 6.07. The van der Waals surface area contributed by atoms with Crippen LogP contribution in [-0.2, 0) is 6.42 Å². The second-order valence-corrected chi connectivity index (χ2v) is 4.10. The standard InChI is InChI=1S/C14H12N4/c15-14-12-4-3-11(18-13(12)5-7-17-14)8-10-2-1-6-16-9-10/h1-7,9H,8H2,(H2,15,17). The van der Waals surface area contributed by atoms with Crippen LogP contribution in [0.1, 0.15) is 11.3 Å². The fourth-order valence-corrected chi connectivity index (χ4v) is 1.93. The molecule has 2 N–H and O–H groups in total. The second kappa shape index (κ2) is 4.41. The van der Waals surface area contributed by atoms with Crippen LogP contribution in [0.4, 0.5) is 5.82 Å². The van der Waals surface area contributed by atoms with Crippen LogP contribution in [0.2, 0.25) is 0 Å². The van der Waals surface area contributed by atoms with Gasteiger partial charge in [0.05, 0.1) is 5.52 Å². The van der Waals surface area contributed by atoms with Gasteiger partial charge >= 0.3 is 0 Å². The molecule has 88 valence electrons. The minimum atomic E-state index is 0.521. The molecule has 0 aliphatic rings. The number of pyridine rings is 3. The smallest absolute Gasteiger partial charge is 0.132 e. The summed E-state index contributed by atoms with van der Waals surface area (Å²) in [6.45, 7) is 0. The number of fused-ring (bicyclic) bond motifs is 1. The van der Waals surface area contributed by atoms with E-state index in [1.165, 1.54) is 0 Å². The number of hydrogen-bond donors (Lipinski definition) is 1. The zero-order valence-corrected chi connectivity index (χ0v) is 9.74. The number of nitrogens with zero attached hydrogens (tertiary/aromatic N) is 3. The molecule has 0 atom stereocenters. The maximum atomic E-state index is 5.80. The molecule has 0 saturated carbocycles. The highest BCUT2D eigenvalue weighted by atomic mass is 14.8. The minimum absolute atomic E-state index is 0.521. The summed E-state index contributed by atoms with van der Waals surface area (Å²) in [4.78, 5) is 12.7. The van der Waals surface area contributed by atoms with Crippen LogP contribution in [0.25, 0.3) is 10.9 Å². The van der Waals surface area contributed by atoms with E-state index < -0.39 is 0 Å². The molecule has 0 aliphatic heterocycles. The van der Waals surface area contributed by atoms with E-state index in [0.29, 0.717) is 5.82 Å². The third-order valence-electron chi connectivity index (χ3n) is 2.81. The van der Waals surface area contributed by atoms with E-state index in [2.05, 4.69) is 15.0 Å². The lowest BCUT2D eigenvalue weighted by Gasteiger charge is -2.04. The molecule has 0 saturated heterocycles. The SMILES string of the molecule is Nc1nccc2nc(Cc3cccnc3)ccc12. The highest BCUT2D eigenvalue weighted by Crippen LogP contribution is 2.18. The number of rotatable bonds is 2. The molecule has 18 heavy (non-hydrogen) atoms. The van der Waals surface area contributed by atoms with Gasteiger partial charge in [0.25, 0.3) is 0 Å². The average molecular weight is 236 g/mol. The van der Waals surface area contributed by atoms with Gasteiger partial charge in [0.1, 0.15) is 5.82 Å². The molecule has 3 heterocycles. The largest absolute Gasteiger partial charge is 0.383 e. The molecule has 3 rings (SSSR count). The van der Waals surface area contributed by atoms with Gasteiger partial charge in [-0.15, -0.1) is 0 Å². The molecular formula is C14H12N4. The van der Waals surface area contributed by atoms with E-state index in [9.17, 15) is 0 Å². The van der Waals surface area contributed by atoms with Crippen LogP contribution in [0.3, 0.4) is 0 Å². The molecule has 4 heteroatoms. The van der Waals surface area contributed by atoms with Crippen molar-refractivity contribution < 1.29 is 0 Å². The van der Waals surface area contributed by atoms with Gasteiger partial charge in [-0.05, 0) is 29.8 Å². The lowest BCUT2D eigenvalue weighted by Crippen LogP contribution is -1.96. The first-order valence-corrected chi connectivity index (χ1v) is 5.72. The highest BCUT2D eigenvalue weighted by molar-refractivity contribution is 5.87. The van der Waals surface area contributed by atoms with Crippen molar-refractivity contribution in [2.75, 3.05) is 5.73 Å². The molecule has 0 aliphatic carbocycles. The maximum Gasteiger partial charge on any atom is 0.132 e. The molecule has 0 unspecified atom stereocenters. The second-order valence-electron chi connectivity index (χ2n) is 4.10. The Labute approximate surface area is 105 Å². The quantitative estimate of drug-likeness (QED) is 0.740. The van der Waals surface area contributed by atoms with Crippen molar-refractivity contribution in [1.82, 2.24) is 15.0 Å². The minimum Gasteiger partial charge on any atom is -0.383 e. The van der Waals surface area contributed by atoms with Crippen molar-refractivity contribution in [2.45, 2.75) is 6.42 Å². The van der Waals surface area contributed by atoms with Crippen LogP contribution >= 0.6 is 0 Å².